The molecule has 0 aliphatic rings. The summed E-state index contributed by atoms with van der Waals surface area (Å²) in [5.74, 6) is -1.25. The van der Waals surface area contributed by atoms with Crippen molar-refractivity contribution in [3.8, 4) is 0 Å². The van der Waals surface area contributed by atoms with E-state index in [2.05, 4.69) is 15.0 Å². The molecule has 2 aromatic carbocycles. The van der Waals surface area contributed by atoms with E-state index in [1.807, 2.05) is 4.72 Å². The summed E-state index contributed by atoms with van der Waals surface area (Å²) in [6.45, 7) is -0.558. The minimum atomic E-state index is -4.57. The Balaban J connectivity index is 1.60. The summed E-state index contributed by atoms with van der Waals surface area (Å²) in [6, 6.07) is 10.4. The van der Waals surface area contributed by atoms with Crippen molar-refractivity contribution in [2.45, 2.75) is 22.4 Å². The average Bonchev–Trinajstić information content (AvgIpc) is 3.30. The lowest BCUT2D eigenvalue weighted by atomic mass is 10.1. The van der Waals surface area contributed by atoms with Gasteiger partial charge in [-0.3, -0.25) is 15.1 Å². The number of aromatic nitrogens is 2. The van der Waals surface area contributed by atoms with Gasteiger partial charge in [-0.2, -0.15) is 8.42 Å². The summed E-state index contributed by atoms with van der Waals surface area (Å²) >= 11 is 0.312. The number of nitrogens with zero attached hydrogens (tertiary/aromatic N) is 3. The first kappa shape index (κ1) is 27.9. The van der Waals surface area contributed by atoms with Gasteiger partial charge in [0.2, 0.25) is 5.13 Å². The van der Waals surface area contributed by atoms with Crippen LogP contribution in [0.2, 0.25) is 0 Å². The van der Waals surface area contributed by atoms with Crippen LogP contribution in [0.3, 0.4) is 0 Å². The highest BCUT2D eigenvalue weighted by Crippen LogP contribution is 2.23. The number of hydrogen-bond acceptors (Lipinski definition) is 14. The Morgan fingerprint density at radius 1 is 0.946 bits per heavy atom. The number of nitrogens with one attached hydrogen (secondary N) is 2. The number of hydrogen-bond donors (Lipinski definition) is 5. The standard InChI is InChI=1S/C18H17N5O11S3/c24-15(25)13-4-6-14(7-5-13)36(29,30)21-16-19-20-18(35-16)37(31,32)22-17(26)33-9-11-2-1-3-12(8-11)10-34-23(27)28/h1-8,27-28H,9-10H2,(H,19,21)(H,22,26)(H,24,25). The number of carbonyl (C=O) groups excluding carboxylic acids is 1. The fraction of sp³-hybridized carbons (Fsp3) is 0.111. The monoisotopic (exact) mass is 575 g/mol. The molecule has 1 heterocycles. The van der Waals surface area contributed by atoms with Crippen LogP contribution >= 0.6 is 11.3 Å². The molecule has 0 saturated heterocycles. The number of aromatic carboxylic acids is 1. The SMILES string of the molecule is O=C(NS(=O)(=O)c1nnc(NS(=O)(=O)c2ccc(C(=O)O)cc2)s1)OCc1cccc(CON(O)O)c1. The van der Waals surface area contributed by atoms with E-state index in [1.54, 1.807) is 22.9 Å². The summed E-state index contributed by atoms with van der Waals surface area (Å²) in [5, 5.41) is 31.9. The van der Waals surface area contributed by atoms with Gasteiger partial charge in [-0.25, -0.2) is 27.6 Å². The predicted molar refractivity (Wildman–Crippen MR) is 121 cm³/mol. The van der Waals surface area contributed by atoms with E-state index in [0.717, 1.165) is 24.3 Å². The van der Waals surface area contributed by atoms with E-state index in [1.165, 1.54) is 6.07 Å². The van der Waals surface area contributed by atoms with Crippen LogP contribution in [0.25, 0.3) is 0 Å². The first-order valence-electron chi connectivity index (χ1n) is 9.63. The van der Waals surface area contributed by atoms with E-state index in [-0.39, 0.29) is 23.7 Å². The van der Waals surface area contributed by atoms with Gasteiger partial charge in [0.05, 0.1) is 22.5 Å². The largest absolute Gasteiger partial charge is 0.478 e. The summed E-state index contributed by atoms with van der Waals surface area (Å²) < 4.78 is 57.4. The number of ether oxygens (including phenoxy) is 1. The highest BCUT2D eigenvalue weighted by molar-refractivity contribution is 7.93. The van der Waals surface area contributed by atoms with Crippen LogP contribution in [0.1, 0.15) is 21.5 Å². The molecular weight excluding hydrogens is 558 g/mol. The minimum Gasteiger partial charge on any atom is -0.478 e. The number of anilines is 1. The molecule has 0 radical (unpaired) electrons. The Kier molecular flexibility index (Phi) is 8.70. The van der Waals surface area contributed by atoms with E-state index < -0.39 is 47.0 Å². The normalized spacial score (nSPS) is 11.8. The second-order valence-corrected chi connectivity index (χ2v) is 11.4. The number of carboxylic acids is 1. The molecule has 1 aromatic heterocycles. The number of carboxylic acid groups (broad SMARTS) is 1. The molecule has 0 unspecified atom stereocenters. The molecular formula is C18H17N5O11S3. The van der Waals surface area contributed by atoms with Gasteiger partial charge in [0, 0.05) is 0 Å². The van der Waals surface area contributed by atoms with Crippen molar-refractivity contribution in [2.75, 3.05) is 4.72 Å². The van der Waals surface area contributed by atoms with Crippen LogP contribution in [0.5, 0.6) is 0 Å². The molecule has 3 aromatic rings. The molecule has 5 N–H and O–H groups in total. The maximum absolute atomic E-state index is 12.4. The van der Waals surface area contributed by atoms with E-state index in [9.17, 15) is 26.4 Å². The zero-order valence-electron chi connectivity index (χ0n) is 18.2. The zero-order chi connectivity index (χ0) is 27.2. The lowest BCUT2D eigenvalue weighted by molar-refractivity contribution is -0.497. The van der Waals surface area contributed by atoms with Gasteiger partial charge in [0.1, 0.15) is 6.61 Å². The van der Waals surface area contributed by atoms with Crippen LogP contribution in [0.15, 0.2) is 57.8 Å². The molecule has 0 saturated carbocycles. The topological polar surface area (TPSA) is 235 Å². The van der Waals surface area contributed by atoms with E-state index >= 15 is 0 Å². The fourth-order valence-corrected chi connectivity index (χ4v) is 5.61. The van der Waals surface area contributed by atoms with E-state index in [4.69, 9.17) is 20.3 Å². The van der Waals surface area contributed by atoms with Gasteiger partial charge in [-0.15, -0.1) is 10.2 Å². The highest BCUT2D eigenvalue weighted by atomic mass is 32.2. The quantitative estimate of drug-likeness (QED) is 0.202. The maximum Gasteiger partial charge on any atom is 0.421 e. The Hall–Kier alpha value is -3.72. The Labute approximate surface area is 212 Å². The van der Waals surface area contributed by atoms with Gasteiger partial charge < -0.3 is 9.84 Å². The molecule has 0 aliphatic heterocycles. The lowest BCUT2D eigenvalue weighted by Crippen LogP contribution is -2.31. The lowest BCUT2D eigenvalue weighted by Gasteiger charge is -2.09. The Morgan fingerprint density at radius 3 is 2.22 bits per heavy atom. The van der Waals surface area contributed by atoms with Crippen LogP contribution in [0.4, 0.5) is 9.93 Å². The summed E-state index contributed by atoms with van der Waals surface area (Å²) in [4.78, 5) is 27.1. The van der Waals surface area contributed by atoms with Crippen molar-refractivity contribution < 1.29 is 51.5 Å². The van der Waals surface area contributed by atoms with Gasteiger partial charge in [-0.1, -0.05) is 35.6 Å². The number of benzene rings is 2. The fourth-order valence-electron chi connectivity index (χ4n) is 2.58. The third-order valence-corrected chi connectivity index (χ3v) is 8.20. The molecule has 16 nitrogen and oxygen atoms in total. The van der Waals surface area contributed by atoms with Crippen LogP contribution in [-0.2, 0) is 42.8 Å². The second kappa shape index (κ2) is 11.6. The molecule has 198 valence electrons. The summed E-state index contributed by atoms with van der Waals surface area (Å²) in [7, 11) is -8.81. The van der Waals surface area contributed by atoms with Crippen molar-refractivity contribution in [3.05, 3.63) is 65.2 Å². The summed E-state index contributed by atoms with van der Waals surface area (Å²) in [5.41, 5.74) is 0.784. The third-order valence-electron chi connectivity index (χ3n) is 4.20. The van der Waals surface area contributed by atoms with Gasteiger partial charge in [-0.05, 0) is 35.4 Å². The second-order valence-electron chi connectivity index (χ2n) is 6.84. The van der Waals surface area contributed by atoms with Crippen molar-refractivity contribution in [1.82, 2.24) is 20.3 Å². The first-order valence-corrected chi connectivity index (χ1v) is 13.4. The maximum atomic E-state index is 12.4. The molecule has 3 rings (SSSR count). The molecule has 0 aliphatic carbocycles. The Morgan fingerprint density at radius 2 is 1.59 bits per heavy atom. The van der Waals surface area contributed by atoms with Gasteiger partial charge in [0.25, 0.3) is 24.4 Å². The highest BCUT2D eigenvalue weighted by Gasteiger charge is 2.25. The predicted octanol–water partition coefficient (Wildman–Crippen LogP) is 1.16. The number of rotatable bonds is 11. The van der Waals surface area contributed by atoms with Crippen LogP contribution in [0, 0.1) is 0 Å². The van der Waals surface area contributed by atoms with Gasteiger partial charge in [0.15, 0.2) is 0 Å². The third kappa shape index (κ3) is 7.88. The molecule has 1 amide bonds. The molecule has 0 spiro atoms. The average molecular weight is 576 g/mol. The Bertz CT molecular complexity index is 1490. The smallest absolute Gasteiger partial charge is 0.421 e. The van der Waals surface area contributed by atoms with Crippen molar-refractivity contribution in [1.29, 1.82) is 0 Å². The zero-order valence-corrected chi connectivity index (χ0v) is 20.7. The molecule has 19 heteroatoms. The number of amides is 1. The van der Waals surface area contributed by atoms with Crippen LogP contribution < -0.4 is 9.44 Å². The van der Waals surface area contributed by atoms with Crippen molar-refractivity contribution in [2.24, 2.45) is 0 Å². The minimum absolute atomic E-state index is 0.136. The van der Waals surface area contributed by atoms with Crippen molar-refractivity contribution >= 4 is 48.6 Å². The first-order chi connectivity index (χ1) is 17.4. The molecule has 0 bridgehead atoms. The van der Waals surface area contributed by atoms with Crippen molar-refractivity contribution in [3.63, 3.8) is 0 Å². The number of carbonyl (C=O) groups is 2. The number of sulfonamides is 2. The van der Waals surface area contributed by atoms with E-state index in [0.29, 0.717) is 22.5 Å². The van der Waals surface area contributed by atoms with Gasteiger partial charge >= 0.3 is 12.1 Å². The van der Waals surface area contributed by atoms with Crippen LogP contribution in [-0.4, -0.2) is 60.0 Å². The molecule has 0 atom stereocenters. The molecule has 0 fully saturated rings. The molecule has 37 heavy (non-hydrogen) atoms. The summed E-state index contributed by atoms with van der Waals surface area (Å²) in [6.07, 6.45) is -1.35.